The lowest BCUT2D eigenvalue weighted by atomic mass is 9.87. The van der Waals surface area contributed by atoms with Crippen LogP contribution in [0.25, 0.3) is 0 Å². The largest absolute Gasteiger partial charge is 0.469 e. The second kappa shape index (κ2) is 14.2. The van der Waals surface area contributed by atoms with Crippen molar-refractivity contribution < 1.29 is 38.7 Å². The highest BCUT2D eigenvalue weighted by atomic mass is 32.1. The lowest BCUT2D eigenvalue weighted by Crippen LogP contribution is -2.46. The van der Waals surface area contributed by atoms with Gasteiger partial charge in [-0.2, -0.15) is 11.4 Å². The van der Waals surface area contributed by atoms with Crippen LogP contribution in [0.2, 0.25) is 0 Å². The predicted molar refractivity (Wildman–Crippen MR) is 114 cm³/mol. The van der Waals surface area contributed by atoms with Gasteiger partial charge in [0.25, 0.3) is 0 Å². The molecule has 172 valence electrons. The Morgan fingerprint density at radius 1 is 1.14 bits per heavy atom. The molecule has 0 spiro atoms. The zero-order valence-electron chi connectivity index (χ0n) is 17.3. The number of carbonyl (C=O) groups is 2. The summed E-state index contributed by atoms with van der Waals surface area (Å²) in [7, 11) is -4.71. The number of phosphoric acid groups is 1. The molecule has 10 nitrogen and oxygen atoms in total. The maximum Gasteiger partial charge on any atom is 0.469 e. The number of hydrogen-bond acceptors (Lipinski definition) is 5. The molecule has 0 fully saturated rings. The molecule has 0 aliphatic heterocycles. The molecule has 0 aliphatic rings. The van der Waals surface area contributed by atoms with Crippen LogP contribution in [-0.4, -0.2) is 68.4 Å². The highest BCUT2D eigenvalue weighted by Crippen LogP contribution is 2.38. The molecular formula is C17H35N2O8PS. The fraction of sp³-hybridized carbons (Fsp3) is 0.824. The molecule has 12 heteroatoms. The number of unbranched alkanes of at least 4 members (excludes halogenated alkanes) is 2. The van der Waals surface area contributed by atoms with E-state index in [-0.39, 0.29) is 18.9 Å². The molecule has 0 unspecified atom stereocenters. The maximum absolute atomic E-state index is 12.0. The van der Waals surface area contributed by atoms with Gasteiger partial charge in [-0.1, -0.05) is 33.6 Å². The van der Waals surface area contributed by atoms with E-state index < -0.39 is 31.9 Å². The Morgan fingerprint density at radius 2 is 1.79 bits per heavy atom. The van der Waals surface area contributed by atoms with Crippen LogP contribution in [0.15, 0.2) is 0 Å². The van der Waals surface area contributed by atoms with Crippen LogP contribution < -0.4 is 10.6 Å². The number of nitrogens with one attached hydrogen (secondary N) is 2. The van der Waals surface area contributed by atoms with Gasteiger partial charge in [-0.25, -0.2) is 4.57 Å². The van der Waals surface area contributed by atoms with E-state index in [1.54, 1.807) is 0 Å². The lowest BCUT2D eigenvalue weighted by molar-refractivity contribution is -0.137. The molecule has 0 saturated carbocycles. The second-order valence-electron chi connectivity index (χ2n) is 7.30. The summed E-state index contributed by atoms with van der Waals surface area (Å²) in [4.78, 5) is 41.2. The van der Waals surface area contributed by atoms with Crippen molar-refractivity contribution in [3.05, 3.63) is 0 Å². The summed E-state index contributed by atoms with van der Waals surface area (Å²) < 4.78 is 15.1. The smallest absolute Gasteiger partial charge is 0.383 e. The molecule has 0 aromatic heterocycles. The molecular weight excluding hydrogens is 423 g/mol. The topological polar surface area (TPSA) is 165 Å². The quantitative estimate of drug-likeness (QED) is 0.0821. The monoisotopic (exact) mass is 458 g/mol. The van der Waals surface area contributed by atoms with E-state index in [2.05, 4.69) is 22.1 Å². The van der Waals surface area contributed by atoms with E-state index in [1.165, 1.54) is 13.8 Å². The van der Waals surface area contributed by atoms with Gasteiger partial charge in [0.2, 0.25) is 11.8 Å². The zero-order chi connectivity index (χ0) is 22.5. The van der Waals surface area contributed by atoms with Gasteiger partial charge < -0.3 is 30.6 Å². The predicted octanol–water partition coefficient (Wildman–Crippen LogP) is 0.839. The third kappa shape index (κ3) is 14.8. The van der Waals surface area contributed by atoms with Crippen LogP contribution in [0.1, 0.15) is 52.9 Å². The van der Waals surface area contributed by atoms with Gasteiger partial charge in [-0.15, -0.1) is 0 Å². The first-order chi connectivity index (χ1) is 13.4. The van der Waals surface area contributed by atoms with Crippen LogP contribution in [0.3, 0.4) is 0 Å². The molecule has 0 radical (unpaired) electrons. The summed E-state index contributed by atoms with van der Waals surface area (Å²) in [6, 6.07) is 0. The average Bonchev–Trinajstić information content (AvgIpc) is 2.62. The Bertz CT molecular complexity index is 594. The lowest BCUT2D eigenvalue weighted by Gasteiger charge is -2.29. The Balaban J connectivity index is 4.09. The second-order valence-corrected chi connectivity index (χ2v) is 9.82. The molecule has 0 aliphatic carbocycles. The fourth-order valence-corrected chi connectivity index (χ4v) is 3.46. The minimum Gasteiger partial charge on any atom is -0.383 e. The van der Waals surface area contributed by atoms with Crippen LogP contribution in [0.5, 0.6) is 0 Å². The van der Waals surface area contributed by atoms with Gasteiger partial charge in [0, 0.05) is 30.7 Å². The molecule has 29 heavy (non-hydrogen) atoms. The Labute approximate surface area is 175 Å². The van der Waals surface area contributed by atoms with Crippen molar-refractivity contribution in [1.82, 2.24) is 10.6 Å². The number of thiol groups is 1. The minimum atomic E-state index is -4.71. The summed E-state index contributed by atoms with van der Waals surface area (Å²) in [5, 5.41) is 25.3. The summed E-state index contributed by atoms with van der Waals surface area (Å²) in [5.41, 5.74) is -1.23. The van der Waals surface area contributed by atoms with Gasteiger partial charge >= 0.3 is 7.82 Å². The van der Waals surface area contributed by atoms with E-state index in [9.17, 15) is 24.4 Å². The molecule has 0 aromatic rings. The zero-order valence-corrected chi connectivity index (χ0v) is 19.0. The first kappa shape index (κ1) is 28.2. The van der Waals surface area contributed by atoms with Crippen molar-refractivity contribution >= 4 is 36.0 Å². The summed E-state index contributed by atoms with van der Waals surface area (Å²) in [6.07, 6.45) is 2.24. The first-order valence-electron chi connectivity index (χ1n) is 9.54. The van der Waals surface area contributed by atoms with Crippen molar-refractivity contribution in [1.29, 1.82) is 0 Å². The molecule has 6 N–H and O–H groups in total. The van der Waals surface area contributed by atoms with Crippen molar-refractivity contribution in [3.8, 4) is 0 Å². The SMILES string of the molecule is CCCCCC(O)=[SH]CCNC(=O)CCNC(=O)[C@@H](O)C(C)(C)COP(=O)(O)O. The van der Waals surface area contributed by atoms with Crippen LogP contribution in [0.4, 0.5) is 0 Å². The van der Waals surface area contributed by atoms with E-state index in [1.807, 2.05) is 0 Å². The highest BCUT2D eigenvalue weighted by molar-refractivity contribution is 7.98. The molecule has 0 heterocycles. The van der Waals surface area contributed by atoms with E-state index in [0.29, 0.717) is 23.8 Å². The van der Waals surface area contributed by atoms with Crippen LogP contribution in [-0.2, 0) is 18.7 Å². The van der Waals surface area contributed by atoms with Gasteiger partial charge in [0.05, 0.1) is 11.7 Å². The van der Waals surface area contributed by atoms with Crippen molar-refractivity contribution in [3.63, 3.8) is 0 Å². The average molecular weight is 459 g/mol. The summed E-state index contributed by atoms with van der Waals surface area (Å²) in [6.45, 7) is 4.83. The maximum atomic E-state index is 12.0. The number of aliphatic hydroxyl groups excluding tert-OH is 2. The Morgan fingerprint density at radius 3 is 2.38 bits per heavy atom. The summed E-state index contributed by atoms with van der Waals surface area (Å²) >= 11 is 0.793. The standard InChI is InChI=1S/C17H35N2O8PS/c1-4-5-6-7-14(21)29-11-10-18-13(20)8-9-19-16(23)15(22)17(2,3)12-27-28(24,25)26/h15,21-22,29H,4-12H2,1-3H3,(H,18,20)(H,19,23)(H2,24,25,26)/t15-/m1/s1. The number of aliphatic hydroxyl groups is 2. The third-order valence-corrected chi connectivity index (χ3v) is 5.48. The van der Waals surface area contributed by atoms with Crippen molar-refractivity contribution in [2.24, 2.45) is 5.41 Å². The molecule has 0 aromatic carbocycles. The summed E-state index contributed by atoms with van der Waals surface area (Å²) in [5.74, 6) is -0.436. The molecule has 0 bridgehead atoms. The fourth-order valence-electron chi connectivity index (χ4n) is 2.16. The van der Waals surface area contributed by atoms with Gasteiger partial charge in [-0.3, -0.25) is 14.1 Å². The van der Waals surface area contributed by atoms with Gasteiger partial charge in [-0.05, 0) is 12.8 Å². The van der Waals surface area contributed by atoms with Crippen molar-refractivity contribution in [2.45, 2.75) is 59.0 Å². The van der Waals surface area contributed by atoms with Crippen LogP contribution >= 0.6 is 19.2 Å². The molecule has 0 rings (SSSR count). The van der Waals surface area contributed by atoms with Gasteiger partial charge in [0.1, 0.15) is 6.10 Å². The normalized spacial score (nSPS) is 14.1. The van der Waals surface area contributed by atoms with Crippen molar-refractivity contribution in [2.75, 3.05) is 25.4 Å². The van der Waals surface area contributed by atoms with Gasteiger partial charge in [0.15, 0.2) is 0 Å². The van der Waals surface area contributed by atoms with E-state index in [0.717, 1.165) is 30.6 Å². The highest BCUT2D eigenvalue weighted by Gasteiger charge is 2.35. The molecule has 0 saturated heterocycles. The third-order valence-electron chi connectivity index (χ3n) is 3.98. The van der Waals surface area contributed by atoms with E-state index >= 15 is 0 Å². The first-order valence-corrected chi connectivity index (χ1v) is 12.1. The Kier molecular flexibility index (Phi) is 13.8. The molecule has 1 atom stereocenters. The molecule has 2 amide bonds. The Hall–Kier alpha value is -0.810. The number of rotatable bonds is 15. The number of phosphoric ester groups is 1. The minimum absolute atomic E-state index is 0.00324. The van der Waals surface area contributed by atoms with E-state index in [4.69, 9.17) is 9.79 Å². The number of hydrogen-bond donors (Lipinski definition) is 7. The van der Waals surface area contributed by atoms with Crippen LogP contribution in [0, 0.1) is 5.41 Å². The number of carbonyl (C=O) groups excluding carboxylic acids is 2. The number of amides is 2.